The average molecular weight is 314 g/mol. The van der Waals surface area contributed by atoms with Gasteiger partial charge in [0, 0.05) is 18.7 Å². The molecular formula is C15H24ClN3O2. The lowest BCUT2D eigenvalue weighted by Crippen LogP contribution is -2.37. The van der Waals surface area contributed by atoms with E-state index in [0.717, 1.165) is 11.3 Å². The second-order valence-electron chi connectivity index (χ2n) is 5.35. The summed E-state index contributed by atoms with van der Waals surface area (Å²) in [7, 11) is 0. The minimum Gasteiger partial charge on any atom is -0.351 e. The molecule has 0 spiro atoms. The van der Waals surface area contributed by atoms with Crippen LogP contribution in [-0.4, -0.2) is 17.9 Å². The van der Waals surface area contributed by atoms with Crippen molar-refractivity contribution in [1.29, 1.82) is 0 Å². The molecule has 0 saturated carbocycles. The van der Waals surface area contributed by atoms with Crippen LogP contribution in [0.5, 0.6) is 0 Å². The number of carbonyl (C=O) groups is 2. The van der Waals surface area contributed by atoms with Gasteiger partial charge >= 0.3 is 0 Å². The molecule has 1 rings (SSSR count). The van der Waals surface area contributed by atoms with Crippen molar-refractivity contribution in [2.45, 2.75) is 39.8 Å². The van der Waals surface area contributed by atoms with Gasteiger partial charge in [0.1, 0.15) is 0 Å². The van der Waals surface area contributed by atoms with E-state index in [1.54, 1.807) is 6.92 Å². The lowest BCUT2D eigenvalue weighted by atomic mass is 10.1. The highest BCUT2D eigenvalue weighted by Gasteiger charge is 2.08. The summed E-state index contributed by atoms with van der Waals surface area (Å²) in [5.74, 6) is 0.125. The van der Waals surface area contributed by atoms with E-state index in [1.807, 2.05) is 38.1 Å². The SMILES string of the molecule is CC(C)CC(=O)Nc1cccc(CNC(=O)[C@@H](C)N)c1.Cl. The summed E-state index contributed by atoms with van der Waals surface area (Å²) in [5.41, 5.74) is 7.13. The summed E-state index contributed by atoms with van der Waals surface area (Å²) in [6.07, 6.45) is 0.492. The Morgan fingerprint density at radius 3 is 2.48 bits per heavy atom. The zero-order valence-electron chi connectivity index (χ0n) is 12.7. The normalized spacial score (nSPS) is 11.5. The fraction of sp³-hybridized carbons (Fsp3) is 0.467. The molecule has 0 unspecified atom stereocenters. The zero-order chi connectivity index (χ0) is 15.1. The molecule has 0 fully saturated rings. The van der Waals surface area contributed by atoms with E-state index >= 15 is 0 Å². The minimum absolute atomic E-state index is 0. The molecular weight excluding hydrogens is 290 g/mol. The van der Waals surface area contributed by atoms with Gasteiger partial charge in [0.15, 0.2) is 0 Å². The predicted octanol–water partition coefficient (Wildman–Crippen LogP) is 2.06. The summed E-state index contributed by atoms with van der Waals surface area (Å²) in [6.45, 7) is 6.03. The molecule has 0 bridgehead atoms. The molecule has 1 aromatic rings. The number of carbonyl (C=O) groups excluding carboxylic acids is 2. The average Bonchev–Trinajstić information content (AvgIpc) is 2.35. The van der Waals surface area contributed by atoms with Crippen LogP contribution < -0.4 is 16.4 Å². The molecule has 2 amide bonds. The van der Waals surface area contributed by atoms with Gasteiger partial charge in [-0.05, 0) is 30.5 Å². The van der Waals surface area contributed by atoms with Gasteiger partial charge in [-0.3, -0.25) is 9.59 Å². The summed E-state index contributed by atoms with van der Waals surface area (Å²) in [5, 5.41) is 5.58. The summed E-state index contributed by atoms with van der Waals surface area (Å²) in [6, 6.07) is 6.89. The van der Waals surface area contributed by atoms with Crippen LogP contribution in [0.25, 0.3) is 0 Å². The van der Waals surface area contributed by atoms with Crippen LogP contribution in [0.15, 0.2) is 24.3 Å². The third-order valence-corrected chi connectivity index (χ3v) is 2.68. The Labute approximate surface area is 132 Å². The van der Waals surface area contributed by atoms with Gasteiger partial charge in [0.25, 0.3) is 0 Å². The highest BCUT2D eigenvalue weighted by atomic mass is 35.5. The standard InChI is InChI=1S/C15H23N3O2.ClH/c1-10(2)7-14(19)18-13-6-4-5-12(8-13)9-17-15(20)11(3)16;/h4-6,8,10-11H,7,9,16H2,1-3H3,(H,17,20)(H,18,19);1H/t11-;/m1./s1. The number of anilines is 1. The molecule has 4 N–H and O–H groups in total. The number of amides is 2. The van der Waals surface area contributed by atoms with Gasteiger partial charge in [-0.25, -0.2) is 0 Å². The maximum absolute atomic E-state index is 11.7. The van der Waals surface area contributed by atoms with E-state index in [9.17, 15) is 9.59 Å². The van der Waals surface area contributed by atoms with E-state index in [1.165, 1.54) is 0 Å². The van der Waals surface area contributed by atoms with Gasteiger partial charge in [0.2, 0.25) is 11.8 Å². The first-order valence-corrected chi connectivity index (χ1v) is 6.80. The lowest BCUT2D eigenvalue weighted by molar-refractivity contribution is -0.122. The van der Waals surface area contributed by atoms with Crippen LogP contribution in [0.1, 0.15) is 32.8 Å². The van der Waals surface area contributed by atoms with Crippen molar-refractivity contribution in [3.63, 3.8) is 0 Å². The number of hydrogen-bond donors (Lipinski definition) is 3. The van der Waals surface area contributed by atoms with Gasteiger partial charge in [-0.1, -0.05) is 26.0 Å². The van der Waals surface area contributed by atoms with Crippen molar-refractivity contribution in [3.05, 3.63) is 29.8 Å². The molecule has 1 aromatic carbocycles. The van der Waals surface area contributed by atoms with Crippen molar-refractivity contribution < 1.29 is 9.59 Å². The van der Waals surface area contributed by atoms with E-state index < -0.39 is 6.04 Å². The second-order valence-corrected chi connectivity index (χ2v) is 5.35. The topological polar surface area (TPSA) is 84.2 Å². The van der Waals surface area contributed by atoms with Crippen LogP contribution >= 0.6 is 12.4 Å². The first-order valence-electron chi connectivity index (χ1n) is 6.80. The van der Waals surface area contributed by atoms with E-state index in [0.29, 0.717) is 18.9 Å². The number of nitrogens with one attached hydrogen (secondary N) is 2. The molecule has 0 saturated heterocycles. The quantitative estimate of drug-likeness (QED) is 0.751. The van der Waals surface area contributed by atoms with E-state index in [2.05, 4.69) is 10.6 Å². The van der Waals surface area contributed by atoms with Crippen LogP contribution in [-0.2, 0) is 16.1 Å². The number of halogens is 1. The maximum atomic E-state index is 11.7. The molecule has 21 heavy (non-hydrogen) atoms. The molecule has 0 aliphatic carbocycles. The van der Waals surface area contributed by atoms with Gasteiger partial charge in [-0.15, -0.1) is 12.4 Å². The Hall–Kier alpha value is -1.59. The molecule has 0 aliphatic rings. The summed E-state index contributed by atoms with van der Waals surface area (Å²) >= 11 is 0. The molecule has 6 heteroatoms. The third kappa shape index (κ3) is 7.68. The molecule has 1 atom stereocenters. The number of rotatable bonds is 6. The monoisotopic (exact) mass is 313 g/mol. The number of nitrogens with two attached hydrogens (primary N) is 1. The fourth-order valence-electron chi connectivity index (χ4n) is 1.69. The lowest BCUT2D eigenvalue weighted by Gasteiger charge is -2.10. The summed E-state index contributed by atoms with van der Waals surface area (Å²) < 4.78 is 0. The molecule has 0 radical (unpaired) electrons. The van der Waals surface area contributed by atoms with Crippen LogP contribution in [0, 0.1) is 5.92 Å². The number of benzene rings is 1. The van der Waals surface area contributed by atoms with Crippen LogP contribution in [0.3, 0.4) is 0 Å². The van der Waals surface area contributed by atoms with Crippen molar-refractivity contribution in [1.82, 2.24) is 5.32 Å². The molecule has 0 aliphatic heterocycles. The second kappa shape index (κ2) is 9.37. The smallest absolute Gasteiger partial charge is 0.236 e. The molecule has 118 valence electrons. The van der Waals surface area contributed by atoms with Crippen molar-refractivity contribution in [2.24, 2.45) is 11.7 Å². The van der Waals surface area contributed by atoms with E-state index in [-0.39, 0.29) is 24.2 Å². The molecule has 0 aromatic heterocycles. The van der Waals surface area contributed by atoms with Gasteiger partial charge < -0.3 is 16.4 Å². The first kappa shape index (κ1) is 19.4. The largest absolute Gasteiger partial charge is 0.351 e. The Balaban J connectivity index is 0.00000400. The Bertz CT molecular complexity index is 476. The molecule has 5 nitrogen and oxygen atoms in total. The number of hydrogen-bond acceptors (Lipinski definition) is 3. The van der Waals surface area contributed by atoms with Crippen molar-refractivity contribution in [2.75, 3.05) is 5.32 Å². The fourth-order valence-corrected chi connectivity index (χ4v) is 1.69. The van der Waals surface area contributed by atoms with Gasteiger partial charge in [0.05, 0.1) is 6.04 Å². The van der Waals surface area contributed by atoms with Crippen LogP contribution in [0.4, 0.5) is 5.69 Å². The minimum atomic E-state index is -0.524. The zero-order valence-corrected chi connectivity index (χ0v) is 13.5. The van der Waals surface area contributed by atoms with Crippen molar-refractivity contribution in [3.8, 4) is 0 Å². The van der Waals surface area contributed by atoms with E-state index in [4.69, 9.17) is 5.73 Å². The van der Waals surface area contributed by atoms with Crippen molar-refractivity contribution >= 4 is 29.9 Å². The van der Waals surface area contributed by atoms with Gasteiger partial charge in [-0.2, -0.15) is 0 Å². The first-order chi connectivity index (χ1) is 9.38. The van der Waals surface area contributed by atoms with Crippen LogP contribution in [0.2, 0.25) is 0 Å². The Morgan fingerprint density at radius 2 is 1.90 bits per heavy atom. The Morgan fingerprint density at radius 1 is 1.24 bits per heavy atom. The predicted molar refractivity (Wildman–Crippen MR) is 87.3 cm³/mol. The highest BCUT2D eigenvalue weighted by Crippen LogP contribution is 2.12. The Kier molecular flexibility index (Phi) is 8.66. The highest BCUT2D eigenvalue weighted by molar-refractivity contribution is 5.90. The maximum Gasteiger partial charge on any atom is 0.236 e. The summed E-state index contributed by atoms with van der Waals surface area (Å²) in [4.78, 5) is 23.1. The third-order valence-electron chi connectivity index (χ3n) is 2.68. The molecule has 0 heterocycles.